The lowest BCUT2D eigenvalue weighted by molar-refractivity contribution is 0.0601. The van der Waals surface area contributed by atoms with Crippen LogP contribution < -0.4 is 5.32 Å². The number of carbonyl (C=O) groups excluding carboxylic acids is 1. The van der Waals surface area contributed by atoms with Gasteiger partial charge in [-0.1, -0.05) is 17.7 Å². The second-order valence-corrected chi connectivity index (χ2v) is 4.65. The smallest absolute Gasteiger partial charge is 0.337 e. The van der Waals surface area contributed by atoms with E-state index in [-0.39, 0.29) is 12.1 Å². The molecule has 3 nitrogen and oxygen atoms in total. The van der Waals surface area contributed by atoms with Crippen LogP contribution in [0.25, 0.3) is 0 Å². The number of hydrogen-bond acceptors (Lipinski definition) is 3. The summed E-state index contributed by atoms with van der Waals surface area (Å²) in [4.78, 5) is 11.4. The molecule has 0 radical (unpaired) electrons. The van der Waals surface area contributed by atoms with E-state index in [2.05, 4.69) is 10.1 Å². The molecule has 0 amide bonds. The molecule has 0 aliphatic heterocycles. The molecule has 0 fully saturated rings. The number of benzene rings is 2. The van der Waals surface area contributed by atoms with Gasteiger partial charge < -0.3 is 10.1 Å². The zero-order valence-corrected chi connectivity index (χ0v) is 11.9. The molecule has 2 aromatic rings. The van der Waals surface area contributed by atoms with Crippen LogP contribution in [0.3, 0.4) is 0 Å². The molecule has 0 unspecified atom stereocenters. The molecule has 2 rings (SSSR count). The fourth-order valence-electron chi connectivity index (χ4n) is 1.79. The Bertz CT molecular complexity index is 656. The molecule has 0 atom stereocenters. The number of halogens is 3. The van der Waals surface area contributed by atoms with E-state index in [0.29, 0.717) is 16.3 Å². The van der Waals surface area contributed by atoms with Crippen molar-refractivity contribution in [2.24, 2.45) is 0 Å². The van der Waals surface area contributed by atoms with E-state index in [1.54, 1.807) is 0 Å². The van der Waals surface area contributed by atoms with Crippen molar-refractivity contribution in [2.75, 3.05) is 12.4 Å². The lowest BCUT2D eigenvalue weighted by atomic mass is 10.1. The molecule has 1 N–H and O–H groups in total. The Labute approximate surface area is 125 Å². The first-order valence-corrected chi connectivity index (χ1v) is 6.45. The van der Waals surface area contributed by atoms with Crippen LogP contribution in [0.1, 0.15) is 15.9 Å². The number of ether oxygens (including phenoxy) is 1. The summed E-state index contributed by atoms with van der Waals surface area (Å²) in [6.45, 7) is -0.0944. The maximum Gasteiger partial charge on any atom is 0.337 e. The van der Waals surface area contributed by atoms with Gasteiger partial charge in [-0.05, 0) is 30.3 Å². The van der Waals surface area contributed by atoms with Gasteiger partial charge in [0.15, 0.2) is 0 Å². The van der Waals surface area contributed by atoms with Crippen LogP contribution in [0.2, 0.25) is 5.02 Å². The number of anilines is 1. The predicted molar refractivity (Wildman–Crippen MR) is 76.5 cm³/mol. The summed E-state index contributed by atoms with van der Waals surface area (Å²) in [7, 11) is 1.26. The fraction of sp³-hybridized carbons (Fsp3) is 0.133. The molecule has 0 bridgehead atoms. The highest BCUT2D eigenvalue weighted by molar-refractivity contribution is 6.33. The van der Waals surface area contributed by atoms with Crippen LogP contribution in [0.15, 0.2) is 36.4 Å². The summed E-state index contributed by atoms with van der Waals surface area (Å²) in [5.74, 6) is -1.82. The van der Waals surface area contributed by atoms with Gasteiger partial charge in [-0.2, -0.15) is 0 Å². The number of rotatable bonds is 4. The van der Waals surface area contributed by atoms with Crippen LogP contribution in [-0.2, 0) is 11.3 Å². The number of hydrogen-bond donors (Lipinski definition) is 1. The lowest BCUT2D eigenvalue weighted by Crippen LogP contribution is -2.07. The predicted octanol–water partition coefficient (Wildman–Crippen LogP) is 4.02. The average Bonchev–Trinajstić information content (AvgIpc) is 2.47. The standard InChI is InChI=1S/C15H12ClF2NO2/c1-21-15(20)9-5-6-11(16)14(7-9)19-8-10-12(17)3-2-4-13(10)18/h2-7,19H,8H2,1H3. The fourth-order valence-corrected chi connectivity index (χ4v) is 1.97. The Morgan fingerprint density at radius 2 is 1.90 bits per heavy atom. The summed E-state index contributed by atoms with van der Waals surface area (Å²) >= 11 is 5.99. The number of nitrogens with one attached hydrogen (secondary N) is 1. The Hall–Kier alpha value is -2.14. The number of esters is 1. The zero-order chi connectivity index (χ0) is 15.4. The Morgan fingerprint density at radius 3 is 2.52 bits per heavy atom. The summed E-state index contributed by atoms with van der Waals surface area (Å²) in [6, 6.07) is 8.11. The lowest BCUT2D eigenvalue weighted by Gasteiger charge is -2.11. The molecule has 0 heterocycles. The zero-order valence-electron chi connectivity index (χ0n) is 11.1. The molecule has 0 saturated carbocycles. The van der Waals surface area contributed by atoms with E-state index in [9.17, 15) is 13.6 Å². The Balaban J connectivity index is 2.22. The van der Waals surface area contributed by atoms with Crippen molar-refractivity contribution in [3.05, 3.63) is 64.2 Å². The molecule has 0 aliphatic carbocycles. The highest BCUT2D eigenvalue weighted by atomic mass is 35.5. The molecule has 0 aromatic heterocycles. The van der Waals surface area contributed by atoms with Crippen LogP contribution >= 0.6 is 11.6 Å². The molecular weight excluding hydrogens is 300 g/mol. The highest BCUT2D eigenvalue weighted by Crippen LogP contribution is 2.24. The topological polar surface area (TPSA) is 38.3 Å². The Kier molecular flexibility index (Phi) is 4.75. The van der Waals surface area contributed by atoms with Gasteiger partial charge in [0, 0.05) is 12.1 Å². The van der Waals surface area contributed by atoms with Gasteiger partial charge in [0.05, 0.1) is 23.4 Å². The molecule has 110 valence electrons. The van der Waals surface area contributed by atoms with Crippen molar-refractivity contribution in [2.45, 2.75) is 6.54 Å². The van der Waals surface area contributed by atoms with Crippen LogP contribution in [0.5, 0.6) is 0 Å². The normalized spacial score (nSPS) is 10.3. The molecule has 2 aromatic carbocycles. The van der Waals surface area contributed by atoms with Gasteiger partial charge in [-0.25, -0.2) is 13.6 Å². The maximum atomic E-state index is 13.5. The number of methoxy groups -OCH3 is 1. The minimum atomic E-state index is -0.650. The van der Waals surface area contributed by atoms with Crippen LogP contribution in [-0.4, -0.2) is 13.1 Å². The summed E-state index contributed by atoms with van der Waals surface area (Å²) in [6.07, 6.45) is 0. The van der Waals surface area contributed by atoms with Crippen molar-refractivity contribution < 1.29 is 18.3 Å². The van der Waals surface area contributed by atoms with Gasteiger partial charge in [0.25, 0.3) is 0 Å². The SMILES string of the molecule is COC(=O)c1ccc(Cl)c(NCc2c(F)cccc2F)c1. The third kappa shape index (κ3) is 3.49. The summed E-state index contributed by atoms with van der Waals surface area (Å²) in [5, 5.41) is 3.14. The van der Waals surface area contributed by atoms with Gasteiger partial charge in [-0.15, -0.1) is 0 Å². The van der Waals surface area contributed by atoms with E-state index in [1.807, 2.05) is 0 Å². The first kappa shape index (κ1) is 15.3. The molecule has 0 spiro atoms. The third-order valence-corrected chi connectivity index (χ3v) is 3.23. The highest BCUT2D eigenvalue weighted by Gasteiger charge is 2.11. The van der Waals surface area contributed by atoms with Crippen molar-refractivity contribution >= 4 is 23.3 Å². The van der Waals surface area contributed by atoms with Crippen LogP contribution in [0.4, 0.5) is 14.5 Å². The first-order chi connectivity index (χ1) is 10.0. The third-order valence-electron chi connectivity index (χ3n) is 2.90. The van der Waals surface area contributed by atoms with Crippen molar-refractivity contribution in [1.29, 1.82) is 0 Å². The van der Waals surface area contributed by atoms with Crippen molar-refractivity contribution in [3.8, 4) is 0 Å². The summed E-state index contributed by atoms with van der Waals surface area (Å²) < 4.78 is 31.7. The van der Waals surface area contributed by atoms with E-state index >= 15 is 0 Å². The average molecular weight is 312 g/mol. The van der Waals surface area contributed by atoms with Crippen molar-refractivity contribution in [3.63, 3.8) is 0 Å². The maximum absolute atomic E-state index is 13.5. The molecule has 21 heavy (non-hydrogen) atoms. The van der Waals surface area contributed by atoms with Crippen LogP contribution in [0, 0.1) is 11.6 Å². The van der Waals surface area contributed by atoms with E-state index in [1.165, 1.54) is 43.5 Å². The minimum Gasteiger partial charge on any atom is -0.465 e. The first-order valence-electron chi connectivity index (χ1n) is 6.07. The number of carbonyl (C=O) groups is 1. The molecular formula is C15H12ClF2NO2. The van der Waals surface area contributed by atoms with Crippen molar-refractivity contribution in [1.82, 2.24) is 0 Å². The molecule has 0 aliphatic rings. The largest absolute Gasteiger partial charge is 0.465 e. The summed E-state index contributed by atoms with van der Waals surface area (Å²) in [5.41, 5.74) is 0.581. The second kappa shape index (κ2) is 6.54. The monoisotopic (exact) mass is 311 g/mol. The molecule has 6 heteroatoms. The van der Waals surface area contributed by atoms with E-state index in [0.717, 1.165) is 0 Å². The van der Waals surface area contributed by atoms with Gasteiger partial charge in [0.2, 0.25) is 0 Å². The van der Waals surface area contributed by atoms with E-state index < -0.39 is 17.6 Å². The van der Waals surface area contributed by atoms with E-state index in [4.69, 9.17) is 11.6 Å². The van der Waals surface area contributed by atoms with Gasteiger partial charge >= 0.3 is 5.97 Å². The second-order valence-electron chi connectivity index (χ2n) is 4.24. The van der Waals surface area contributed by atoms with Gasteiger partial charge in [0.1, 0.15) is 11.6 Å². The Morgan fingerprint density at radius 1 is 1.24 bits per heavy atom. The molecule has 0 saturated heterocycles. The minimum absolute atomic E-state index is 0.0944. The van der Waals surface area contributed by atoms with Gasteiger partial charge in [-0.3, -0.25) is 0 Å². The quantitative estimate of drug-likeness (QED) is 0.867.